The molecule has 0 radical (unpaired) electrons. The first-order chi connectivity index (χ1) is 48.9. The fraction of sp³-hybridized carbons (Fsp3) is 0.430. The number of likely N-dealkylation sites (N-methyl/N-ethyl adjacent to an activating group) is 1. The molecular weight excluding hydrogens is 1240 g/mol. The van der Waals surface area contributed by atoms with E-state index in [0.717, 1.165) is 58.4 Å². The Hall–Kier alpha value is -9.53. The van der Waals surface area contributed by atoms with E-state index in [1.54, 1.807) is 39.0 Å². The van der Waals surface area contributed by atoms with Gasteiger partial charge in [0.1, 0.15) is 48.2 Å². The molecule has 100 heavy (non-hydrogen) atoms. The molecule has 544 valence electrons. The molecule has 14 nitrogen and oxygen atoms in total. The zero-order chi connectivity index (χ0) is 76.3. The molecule has 0 aliphatic heterocycles. The Morgan fingerprint density at radius 2 is 0.900 bits per heavy atom. The number of anilines is 2. The molecule has 0 heterocycles. The molecule has 1 aliphatic carbocycles. The third-order valence-electron chi connectivity index (χ3n) is 13.6. The average molecular weight is 1360 g/mol. The van der Waals surface area contributed by atoms with Crippen molar-refractivity contribution in [2.24, 2.45) is 30.7 Å². The maximum atomic E-state index is 12.4. The Kier molecular flexibility index (Phi) is 64.6. The molecule has 8 rings (SSSR count). The Balaban J connectivity index is -0.000000632. The number of Topliss-reactive ketones (excluding diaryl/α,β-unsaturated/α-hetero) is 2. The lowest BCUT2D eigenvalue weighted by molar-refractivity contribution is -0.120. The molecule has 0 saturated heterocycles. The van der Waals surface area contributed by atoms with Crippen LogP contribution in [-0.4, -0.2) is 55.3 Å². The summed E-state index contributed by atoms with van der Waals surface area (Å²) in [6.07, 6.45) is 8.98. The van der Waals surface area contributed by atoms with E-state index in [2.05, 4.69) is 78.2 Å². The normalized spacial score (nSPS) is 11.4. The largest absolute Gasteiger partial charge is 0.492 e. The van der Waals surface area contributed by atoms with Gasteiger partial charge in [-0.15, -0.1) is 0 Å². The van der Waals surface area contributed by atoms with Crippen LogP contribution in [0.2, 0.25) is 0 Å². The van der Waals surface area contributed by atoms with Crippen molar-refractivity contribution in [3.05, 3.63) is 221 Å². The van der Waals surface area contributed by atoms with E-state index in [9.17, 15) is 14.4 Å². The number of hydrogen-bond donors (Lipinski definition) is 1. The van der Waals surface area contributed by atoms with Crippen LogP contribution in [0.4, 0.5) is 28.4 Å². The first kappa shape index (κ1) is 96.9. The molecule has 7 aromatic carbocycles. The van der Waals surface area contributed by atoms with Gasteiger partial charge in [-0.25, -0.2) is 0 Å². The number of carbonyl (C=O) groups is 3. The molecule has 1 N–H and O–H groups in total. The van der Waals surface area contributed by atoms with E-state index < -0.39 is 18.1 Å². The van der Waals surface area contributed by atoms with E-state index in [0.29, 0.717) is 30.1 Å². The summed E-state index contributed by atoms with van der Waals surface area (Å²) in [7, 11) is 0. The molecule has 0 aromatic heterocycles. The number of nitrogens with one attached hydrogen (secondary N) is 1. The van der Waals surface area contributed by atoms with E-state index in [1.807, 2.05) is 289 Å². The predicted molar refractivity (Wildman–Crippen MR) is 428 cm³/mol. The van der Waals surface area contributed by atoms with Crippen LogP contribution < -0.4 is 15.0 Å². The van der Waals surface area contributed by atoms with Crippen LogP contribution in [0.15, 0.2) is 224 Å². The standard InChI is InChI=1S/C27H31N3O.C25H25N5O2.C16H16N2O.9C2H6/c1-3-30(26-12-9-25(21(2)17-26)18-22(19-28)20-29)15-16-31-27-13-10-24(11-14-27)23-7-5-4-6-8-23;1-18(27-29-22-9-5-3-6-10-22)24(31)17-20-13-15-21(16-14-20)26-25(32)19(2)28-30-23-11-7-4-8-12-23;1-13(17-18-15-10-6-3-7-11-15)16(19)12-14-8-4-2-5-9-14;9*1-2/h9-14,17-18,23H,3-8,15-16H2,1-2H3;3-16,18-19H,17H2,1-2H3,(H,26,32);2-11,13H,12H2,1H3;9*1-2H3. The molecule has 1 saturated carbocycles. The van der Waals surface area contributed by atoms with Gasteiger partial charge in [0.2, 0.25) is 0 Å². The van der Waals surface area contributed by atoms with Gasteiger partial charge in [-0.2, -0.15) is 41.2 Å². The number of benzene rings is 7. The monoisotopic (exact) mass is 1360 g/mol. The zero-order valence-electron chi connectivity index (χ0n) is 65.5. The van der Waals surface area contributed by atoms with Crippen LogP contribution in [0, 0.1) is 29.6 Å². The van der Waals surface area contributed by atoms with Crippen molar-refractivity contribution in [2.75, 3.05) is 29.9 Å². The molecule has 1 amide bonds. The summed E-state index contributed by atoms with van der Waals surface area (Å²) in [5.74, 6) is 1.43. The summed E-state index contributed by atoms with van der Waals surface area (Å²) in [5, 5.41) is 45.2. The van der Waals surface area contributed by atoms with Crippen molar-refractivity contribution in [1.82, 2.24) is 0 Å². The van der Waals surface area contributed by atoms with Gasteiger partial charge in [-0.1, -0.05) is 259 Å². The molecule has 7 aromatic rings. The highest BCUT2D eigenvalue weighted by Gasteiger charge is 2.17. The minimum absolute atomic E-state index is 0.0311. The second kappa shape index (κ2) is 66.7. The lowest BCUT2D eigenvalue weighted by atomic mass is 9.84. The van der Waals surface area contributed by atoms with Gasteiger partial charge >= 0.3 is 0 Å². The number of hydrogen-bond acceptors (Lipinski definition) is 13. The second-order valence-corrected chi connectivity index (χ2v) is 19.8. The quantitative estimate of drug-likeness (QED) is 0.0514. The molecule has 14 heteroatoms. The smallest absolute Gasteiger partial charge is 0.250 e. The van der Waals surface area contributed by atoms with Gasteiger partial charge in [0.25, 0.3) is 5.91 Å². The van der Waals surface area contributed by atoms with Crippen molar-refractivity contribution in [1.29, 1.82) is 10.5 Å². The summed E-state index contributed by atoms with van der Waals surface area (Å²) < 4.78 is 6.01. The topological polar surface area (TPSA) is 197 Å². The highest BCUT2D eigenvalue weighted by atomic mass is 16.5. The molecule has 3 unspecified atom stereocenters. The number of carbonyl (C=O) groups excluding carboxylic acids is 3. The summed E-state index contributed by atoms with van der Waals surface area (Å²) in [6, 6.07) is 61.8. The average Bonchev–Trinajstić information content (AvgIpc) is 0.860. The molecule has 1 aliphatic rings. The van der Waals surface area contributed by atoms with Crippen LogP contribution >= 0.6 is 0 Å². The van der Waals surface area contributed by atoms with Crippen LogP contribution in [0.5, 0.6) is 5.75 Å². The number of rotatable bonds is 22. The van der Waals surface area contributed by atoms with Gasteiger partial charge in [0.05, 0.1) is 23.6 Å². The number of amides is 1. The summed E-state index contributed by atoms with van der Waals surface area (Å²) in [4.78, 5) is 39.0. The first-order valence-electron chi connectivity index (χ1n) is 36.9. The lowest BCUT2D eigenvalue weighted by Crippen LogP contribution is -2.28. The molecule has 1 fully saturated rings. The van der Waals surface area contributed by atoms with E-state index >= 15 is 0 Å². The summed E-state index contributed by atoms with van der Waals surface area (Å²) in [6.45, 7) is 47.6. The van der Waals surface area contributed by atoms with Gasteiger partial charge in [0.15, 0.2) is 11.6 Å². The molecular formula is C86H126N10O4. The second-order valence-electron chi connectivity index (χ2n) is 19.8. The Morgan fingerprint density at radius 1 is 0.510 bits per heavy atom. The molecule has 3 atom stereocenters. The SMILES string of the molecule is CC.CC.CC.CC.CC.CC.CC.CC.CC.CC(N=Nc1ccccc1)C(=O)Cc1ccc(NC(=O)C(C)N=Nc2ccccc2)cc1.CC(N=Nc1ccccc1)C(=O)Cc1ccccc1.CCN(CCOc1ccc(C2CCCCC2)cc1)c1ccc(C=C(C#N)C#N)c(C)c1. The predicted octanol–water partition coefficient (Wildman–Crippen LogP) is 25.7. The van der Waals surface area contributed by atoms with Crippen molar-refractivity contribution in [3.63, 3.8) is 0 Å². The molecule has 0 bridgehead atoms. The summed E-state index contributed by atoms with van der Waals surface area (Å²) in [5.41, 5.74) is 9.26. The number of ketones is 2. The van der Waals surface area contributed by atoms with Gasteiger partial charge in [0, 0.05) is 30.8 Å². The van der Waals surface area contributed by atoms with E-state index in [1.165, 1.54) is 37.7 Å². The van der Waals surface area contributed by atoms with E-state index in [-0.39, 0.29) is 29.5 Å². The highest BCUT2D eigenvalue weighted by Crippen LogP contribution is 2.33. The fourth-order valence-corrected chi connectivity index (χ4v) is 8.65. The Bertz CT molecular complexity index is 3200. The third kappa shape index (κ3) is 42.3. The minimum atomic E-state index is -0.632. The number of allylic oxidation sites excluding steroid dienone is 1. The van der Waals surface area contributed by atoms with Crippen LogP contribution in [0.25, 0.3) is 6.08 Å². The fourth-order valence-electron chi connectivity index (χ4n) is 8.65. The van der Waals surface area contributed by atoms with Crippen molar-refractivity contribution in [2.45, 2.75) is 228 Å². The third-order valence-corrected chi connectivity index (χ3v) is 13.6. The Labute approximate surface area is 606 Å². The van der Waals surface area contributed by atoms with E-state index in [4.69, 9.17) is 15.3 Å². The maximum absolute atomic E-state index is 12.4. The number of aryl methyl sites for hydroxylation is 1. The Morgan fingerprint density at radius 3 is 1.29 bits per heavy atom. The van der Waals surface area contributed by atoms with Crippen LogP contribution in [0.3, 0.4) is 0 Å². The van der Waals surface area contributed by atoms with Crippen LogP contribution in [-0.2, 0) is 27.2 Å². The van der Waals surface area contributed by atoms with Crippen LogP contribution in [0.1, 0.15) is 218 Å². The zero-order valence-corrected chi connectivity index (χ0v) is 65.5. The highest BCUT2D eigenvalue weighted by molar-refractivity contribution is 5.94. The number of azo groups is 3. The minimum Gasteiger partial charge on any atom is -0.492 e. The molecule has 0 spiro atoms. The van der Waals surface area contributed by atoms with Gasteiger partial charge in [-0.3, -0.25) is 14.4 Å². The van der Waals surface area contributed by atoms with Gasteiger partial charge < -0.3 is 15.0 Å². The maximum Gasteiger partial charge on any atom is 0.250 e. The first-order valence-corrected chi connectivity index (χ1v) is 36.9. The number of nitrogens with zero attached hydrogens (tertiary/aromatic N) is 9. The summed E-state index contributed by atoms with van der Waals surface area (Å²) >= 11 is 0. The van der Waals surface area contributed by atoms with Gasteiger partial charge in [-0.05, 0) is 160 Å². The number of nitriles is 2. The van der Waals surface area contributed by atoms with Crippen molar-refractivity contribution in [3.8, 4) is 17.9 Å². The van der Waals surface area contributed by atoms with Crippen molar-refractivity contribution < 1.29 is 19.1 Å². The number of ether oxygens (including phenoxy) is 1. The van der Waals surface area contributed by atoms with Crippen molar-refractivity contribution >= 4 is 52.0 Å². The lowest BCUT2D eigenvalue weighted by Gasteiger charge is -2.24.